The number of nitrogens with one attached hydrogen (secondary N) is 4. The van der Waals surface area contributed by atoms with Gasteiger partial charge in [-0.2, -0.15) is 0 Å². The molecule has 0 bridgehead atoms. The summed E-state index contributed by atoms with van der Waals surface area (Å²) in [6.45, 7) is 1.38. The summed E-state index contributed by atoms with van der Waals surface area (Å²) < 4.78 is 0. The van der Waals surface area contributed by atoms with Gasteiger partial charge in [-0.05, 0) is 24.6 Å². The van der Waals surface area contributed by atoms with Crippen LogP contribution in [0.1, 0.15) is 24.6 Å². The molecule has 36 heavy (non-hydrogen) atoms. The fourth-order valence-electron chi connectivity index (χ4n) is 3.15. The first-order valence-electron chi connectivity index (χ1n) is 10.9. The molecule has 0 aliphatic heterocycles. The van der Waals surface area contributed by atoms with E-state index in [-0.39, 0.29) is 18.6 Å². The third-order valence-electron chi connectivity index (χ3n) is 5.05. The molecule has 0 fully saturated rings. The molecule has 4 atom stereocenters. The van der Waals surface area contributed by atoms with Gasteiger partial charge in [0.1, 0.15) is 23.9 Å². The minimum atomic E-state index is -1.41. The van der Waals surface area contributed by atoms with E-state index in [1.165, 1.54) is 43.7 Å². The Labute approximate surface area is 205 Å². The van der Waals surface area contributed by atoms with Crippen molar-refractivity contribution in [3.63, 3.8) is 0 Å². The van der Waals surface area contributed by atoms with Crippen LogP contribution in [0.2, 0.25) is 0 Å². The number of aromatic nitrogens is 2. The number of carboxylic acids is 1. The number of nitrogens with two attached hydrogens (primary N) is 2. The molecule has 1 aromatic carbocycles. The predicted octanol–water partition coefficient (Wildman–Crippen LogP) is -2.34. The molecule has 4 amide bonds. The normalized spacial score (nSPS) is 14.1. The number of aliphatic carboxylic acids is 1. The number of imidazole rings is 1. The van der Waals surface area contributed by atoms with Gasteiger partial charge < -0.3 is 42.6 Å². The summed E-state index contributed by atoms with van der Waals surface area (Å²) in [5.41, 5.74) is 11.7. The van der Waals surface area contributed by atoms with Gasteiger partial charge in [-0.1, -0.05) is 12.1 Å². The summed E-state index contributed by atoms with van der Waals surface area (Å²) in [6, 6.07) is 0.732. The number of phenols is 1. The second-order valence-electron chi connectivity index (χ2n) is 8.13. The molecular weight excluding hydrogens is 474 g/mol. The minimum absolute atomic E-state index is 0.00127. The number of amides is 4. The van der Waals surface area contributed by atoms with Crippen molar-refractivity contribution in [1.29, 1.82) is 0 Å². The molecule has 2 aromatic rings. The monoisotopic (exact) mass is 503 g/mol. The molecular formula is C22H29N7O7. The SMILES string of the molecule is CC(N)C(=O)NC(CC(N)=O)C(=O)NC(Cc1cnc[nH]1)C(=O)NC(Cc1ccc(O)cc1)C(=O)O. The molecule has 10 N–H and O–H groups in total. The zero-order valence-electron chi connectivity index (χ0n) is 19.4. The van der Waals surface area contributed by atoms with Crippen LogP contribution in [-0.2, 0) is 36.8 Å². The average Bonchev–Trinajstić information content (AvgIpc) is 3.31. The van der Waals surface area contributed by atoms with Gasteiger partial charge in [0.15, 0.2) is 0 Å². The van der Waals surface area contributed by atoms with Gasteiger partial charge in [0.25, 0.3) is 0 Å². The van der Waals surface area contributed by atoms with Crippen LogP contribution in [0.4, 0.5) is 0 Å². The van der Waals surface area contributed by atoms with E-state index in [2.05, 4.69) is 25.9 Å². The molecule has 194 valence electrons. The third-order valence-corrected chi connectivity index (χ3v) is 5.05. The highest BCUT2D eigenvalue weighted by Gasteiger charge is 2.31. The first kappa shape index (κ1) is 27.8. The highest BCUT2D eigenvalue weighted by atomic mass is 16.4. The molecule has 0 radical (unpaired) electrons. The third kappa shape index (κ3) is 8.72. The van der Waals surface area contributed by atoms with Crippen molar-refractivity contribution in [2.24, 2.45) is 11.5 Å². The van der Waals surface area contributed by atoms with E-state index in [4.69, 9.17) is 11.5 Å². The standard InChI is InChI=1S/C22H29N7O7/c1-11(23)19(32)27-16(8-18(24)31)21(34)28-15(7-13-9-25-10-26-13)20(33)29-17(22(35)36)6-12-2-4-14(30)5-3-12/h2-5,9-11,15-17,30H,6-8,23H2,1H3,(H2,24,31)(H,25,26)(H,27,32)(H,28,34)(H,29,33)(H,35,36). The Hall–Kier alpha value is -4.46. The van der Waals surface area contributed by atoms with Crippen LogP contribution < -0.4 is 27.4 Å². The van der Waals surface area contributed by atoms with Crippen molar-refractivity contribution < 1.29 is 34.2 Å². The lowest BCUT2D eigenvalue weighted by molar-refractivity contribution is -0.142. The van der Waals surface area contributed by atoms with Crippen molar-refractivity contribution >= 4 is 29.6 Å². The number of H-pyrrole nitrogens is 1. The number of aromatic amines is 1. The van der Waals surface area contributed by atoms with E-state index >= 15 is 0 Å². The van der Waals surface area contributed by atoms with Crippen LogP contribution in [0.5, 0.6) is 5.75 Å². The molecule has 14 nitrogen and oxygen atoms in total. The van der Waals surface area contributed by atoms with Gasteiger partial charge >= 0.3 is 5.97 Å². The van der Waals surface area contributed by atoms with Crippen molar-refractivity contribution in [1.82, 2.24) is 25.9 Å². The van der Waals surface area contributed by atoms with Crippen LogP contribution in [-0.4, -0.2) is 73.9 Å². The second kappa shape index (κ2) is 12.9. The molecule has 0 aliphatic carbocycles. The number of nitrogens with zero attached hydrogens (tertiary/aromatic N) is 1. The van der Waals surface area contributed by atoms with Crippen LogP contribution >= 0.6 is 0 Å². The Bertz CT molecular complexity index is 1070. The number of hydrogen-bond donors (Lipinski definition) is 8. The Kier molecular flexibility index (Phi) is 9.92. The summed E-state index contributed by atoms with van der Waals surface area (Å²) in [5.74, 6) is -4.65. The maximum absolute atomic E-state index is 13.1. The maximum Gasteiger partial charge on any atom is 0.326 e. The largest absolute Gasteiger partial charge is 0.508 e. The van der Waals surface area contributed by atoms with Gasteiger partial charge in [-0.3, -0.25) is 19.2 Å². The van der Waals surface area contributed by atoms with Gasteiger partial charge in [-0.15, -0.1) is 0 Å². The lowest BCUT2D eigenvalue weighted by Gasteiger charge is -2.24. The van der Waals surface area contributed by atoms with Crippen LogP contribution in [0.25, 0.3) is 0 Å². The molecule has 0 saturated heterocycles. The van der Waals surface area contributed by atoms with E-state index in [0.29, 0.717) is 11.3 Å². The van der Waals surface area contributed by atoms with Gasteiger partial charge in [0.05, 0.1) is 18.8 Å². The number of carbonyl (C=O) groups is 5. The average molecular weight is 504 g/mol. The zero-order valence-corrected chi connectivity index (χ0v) is 19.4. The zero-order chi connectivity index (χ0) is 26.8. The lowest BCUT2D eigenvalue weighted by atomic mass is 10.0. The first-order chi connectivity index (χ1) is 17.0. The van der Waals surface area contributed by atoms with Crippen LogP contribution in [0.3, 0.4) is 0 Å². The van der Waals surface area contributed by atoms with E-state index in [1.54, 1.807) is 0 Å². The van der Waals surface area contributed by atoms with Gasteiger partial charge in [0.2, 0.25) is 23.6 Å². The molecule has 0 saturated carbocycles. The highest BCUT2D eigenvalue weighted by Crippen LogP contribution is 2.12. The summed E-state index contributed by atoms with van der Waals surface area (Å²) in [4.78, 5) is 67.9. The summed E-state index contributed by atoms with van der Waals surface area (Å²) in [5, 5.41) is 26.2. The van der Waals surface area contributed by atoms with Crippen LogP contribution in [0.15, 0.2) is 36.8 Å². The first-order valence-corrected chi connectivity index (χ1v) is 10.9. The number of primary amides is 1. The van der Waals surface area contributed by atoms with Crippen molar-refractivity contribution in [2.45, 2.75) is 50.4 Å². The van der Waals surface area contributed by atoms with E-state index in [0.717, 1.165) is 0 Å². The molecule has 1 heterocycles. The Morgan fingerprint density at radius 3 is 2.06 bits per heavy atom. The fourth-order valence-corrected chi connectivity index (χ4v) is 3.15. The van der Waals surface area contributed by atoms with E-state index in [1.807, 2.05) is 0 Å². The molecule has 0 aliphatic rings. The number of benzene rings is 1. The van der Waals surface area contributed by atoms with Gasteiger partial charge in [0, 0.05) is 24.7 Å². The highest BCUT2D eigenvalue weighted by molar-refractivity contribution is 5.96. The van der Waals surface area contributed by atoms with Crippen molar-refractivity contribution in [3.05, 3.63) is 48.0 Å². The Morgan fingerprint density at radius 1 is 0.944 bits per heavy atom. The summed E-state index contributed by atoms with van der Waals surface area (Å²) in [6.07, 6.45) is 2.02. The Balaban J connectivity index is 2.21. The van der Waals surface area contributed by atoms with Crippen molar-refractivity contribution in [3.8, 4) is 5.75 Å². The smallest absolute Gasteiger partial charge is 0.326 e. The second-order valence-corrected chi connectivity index (χ2v) is 8.13. The molecule has 0 spiro atoms. The molecule has 4 unspecified atom stereocenters. The maximum atomic E-state index is 13.1. The minimum Gasteiger partial charge on any atom is -0.508 e. The quantitative estimate of drug-likeness (QED) is 0.146. The van der Waals surface area contributed by atoms with E-state index < -0.39 is 60.2 Å². The number of aromatic hydroxyl groups is 1. The molecule has 14 heteroatoms. The van der Waals surface area contributed by atoms with Gasteiger partial charge in [-0.25, -0.2) is 9.78 Å². The van der Waals surface area contributed by atoms with Crippen LogP contribution in [0, 0.1) is 0 Å². The summed E-state index contributed by atoms with van der Waals surface area (Å²) in [7, 11) is 0. The molecule has 2 rings (SSSR count). The topological polar surface area (TPSA) is 243 Å². The number of hydrogen-bond acceptors (Lipinski definition) is 8. The fraction of sp³-hybridized carbons (Fsp3) is 0.364. The Morgan fingerprint density at radius 2 is 1.53 bits per heavy atom. The summed E-state index contributed by atoms with van der Waals surface area (Å²) >= 11 is 0. The van der Waals surface area contributed by atoms with Crippen molar-refractivity contribution in [2.75, 3.05) is 0 Å². The number of carboxylic acid groups (broad SMARTS) is 1. The number of phenolic OH excluding ortho intramolecular Hbond substituents is 1. The van der Waals surface area contributed by atoms with E-state index in [9.17, 15) is 34.2 Å². The number of carbonyl (C=O) groups excluding carboxylic acids is 4. The number of rotatable bonds is 13. The lowest BCUT2D eigenvalue weighted by Crippen LogP contribution is -2.58. The molecule has 1 aromatic heterocycles. The predicted molar refractivity (Wildman–Crippen MR) is 125 cm³/mol.